The Bertz CT molecular complexity index is 1180. The number of nitrogens with one attached hydrogen (secondary N) is 2. The Morgan fingerprint density at radius 3 is 2.61 bits per heavy atom. The van der Waals surface area contributed by atoms with Crippen molar-refractivity contribution >= 4 is 78.9 Å². The molecule has 0 saturated heterocycles. The number of hydrogen-bond donors (Lipinski definition) is 3. The highest BCUT2D eigenvalue weighted by Gasteiger charge is 2.16. The molecule has 0 aliphatic carbocycles. The number of carbonyl (C=O) groups excluding carboxylic acids is 2. The van der Waals surface area contributed by atoms with E-state index in [9.17, 15) is 14.7 Å². The zero-order chi connectivity index (χ0) is 22.4. The highest BCUT2D eigenvalue weighted by molar-refractivity contribution is 9.11. The maximum atomic E-state index is 12.7. The second-order valence-electron chi connectivity index (χ2n) is 6.03. The molecule has 158 valence electrons. The summed E-state index contributed by atoms with van der Waals surface area (Å²) in [6.07, 6.45) is 2.83. The number of rotatable bonds is 6. The highest BCUT2D eigenvalue weighted by atomic mass is 79.9. The summed E-state index contributed by atoms with van der Waals surface area (Å²) < 4.78 is 1.19. The first kappa shape index (κ1) is 23.2. The van der Waals surface area contributed by atoms with E-state index in [-0.39, 0.29) is 22.0 Å². The van der Waals surface area contributed by atoms with Crippen molar-refractivity contribution in [1.29, 1.82) is 0 Å². The maximum Gasteiger partial charge on any atom is 0.287 e. The molecule has 31 heavy (non-hydrogen) atoms. The normalized spacial score (nSPS) is 11.5. The smallest absolute Gasteiger partial charge is 0.287 e. The Labute approximate surface area is 203 Å². The van der Waals surface area contributed by atoms with E-state index in [2.05, 4.69) is 47.7 Å². The van der Waals surface area contributed by atoms with Crippen molar-refractivity contribution in [3.05, 3.63) is 89.6 Å². The van der Waals surface area contributed by atoms with E-state index in [0.29, 0.717) is 10.0 Å². The number of nitrogens with zero attached hydrogens (tertiary/aromatic N) is 1. The second-order valence-corrected chi connectivity index (χ2v) is 9.19. The predicted molar refractivity (Wildman–Crippen MR) is 130 cm³/mol. The predicted octanol–water partition coefficient (Wildman–Crippen LogP) is 5.55. The molecule has 0 unspecified atom stereocenters. The molecule has 0 bridgehead atoms. The van der Waals surface area contributed by atoms with Gasteiger partial charge in [0.2, 0.25) is 0 Å². The lowest BCUT2D eigenvalue weighted by atomic mass is 10.2. The molecule has 0 radical (unpaired) electrons. The summed E-state index contributed by atoms with van der Waals surface area (Å²) in [6.45, 7) is 0. The van der Waals surface area contributed by atoms with Gasteiger partial charge in [0.25, 0.3) is 11.8 Å². The summed E-state index contributed by atoms with van der Waals surface area (Å²) in [7, 11) is 0. The number of amides is 2. The first-order chi connectivity index (χ1) is 14.8. The summed E-state index contributed by atoms with van der Waals surface area (Å²) in [4.78, 5) is 26.1. The Balaban J connectivity index is 1.80. The minimum atomic E-state index is -0.640. The van der Waals surface area contributed by atoms with Crippen LogP contribution in [0.5, 0.6) is 5.75 Å². The molecule has 1 aromatic heterocycles. The molecule has 2 amide bonds. The molecule has 1 heterocycles. The molecule has 0 aliphatic heterocycles. The first-order valence-corrected chi connectivity index (χ1v) is 11.5. The van der Waals surface area contributed by atoms with Crippen molar-refractivity contribution in [2.24, 2.45) is 5.10 Å². The second kappa shape index (κ2) is 10.7. The zero-order valence-corrected chi connectivity index (χ0v) is 20.3. The van der Waals surface area contributed by atoms with Crippen molar-refractivity contribution in [3.63, 3.8) is 0 Å². The molecule has 0 saturated carbocycles. The number of halogens is 3. The molecule has 0 aliphatic rings. The van der Waals surface area contributed by atoms with Gasteiger partial charge in [-0.3, -0.25) is 9.59 Å². The molecule has 3 N–H and O–H groups in total. The fourth-order valence-electron chi connectivity index (χ4n) is 2.41. The van der Waals surface area contributed by atoms with Crippen LogP contribution in [0.3, 0.4) is 0 Å². The molecule has 3 rings (SSSR count). The standard InChI is InChI=1S/C21H14Br2ClN3O3S/c22-13-8-12(19(28)16(23)9-13)11-25-27-21(30)18(10-14-4-3-7-31-14)26-20(29)15-5-1-2-6-17(15)24/h1-11,28H,(H,26,29)(H,27,30)/b18-10+,25-11+. The number of carbonyl (C=O) groups is 2. The molecule has 10 heteroatoms. The summed E-state index contributed by atoms with van der Waals surface area (Å²) in [6, 6.07) is 13.5. The topological polar surface area (TPSA) is 90.8 Å². The Hall–Kier alpha value is -2.46. The monoisotopic (exact) mass is 581 g/mol. The number of phenolic OH excluding ortho intramolecular Hbond substituents is 1. The van der Waals surface area contributed by atoms with Crippen LogP contribution >= 0.6 is 54.8 Å². The fraction of sp³-hybridized carbons (Fsp3) is 0. The van der Waals surface area contributed by atoms with Gasteiger partial charge in [-0.1, -0.05) is 45.7 Å². The van der Waals surface area contributed by atoms with Crippen LogP contribution in [0.1, 0.15) is 20.8 Å². The number of hydrogen-bond acceptors (Lipinski definition) is 5. The number of hydrazone groups is 1. The van der Waals surface area contributed by atoms with Crippen LogP contribution < -0.4 is 10.7 Å². The van der Waals surface area contributed by atoms with Crippen LogP contribution in [0.2, 0.25) is 5.02 Å². The van der Waals surface area contributed by atoms with Gasteiger partial charge in [-0.05, 0) is 57.7 Å². The van der Waals surface area contributed by atoms with Gasteiger partial charge in [0.1, 0.15) is 11.4 Å². The summed E-state index contributed by atoms with van der Waals surface area (Å²) >= 11 is 14.0. The van der Waals surface area contributed by atoms with E-state index in [1.165, 1.54) is 23.6 Å². The van der Waals surface area contributed by atoms with Crippen LogP contribution in [0.25, 0.3) is 6.08 Å². The molecule has 2 aromatic carbocycles. The van der Waals surface area contributed by atoms with Crippen molar-refractivity contribution in [3.8, 4) is 5.75 Å². The van der Waals surface area contributed by atoms with Crippen LogP contribution in [-0.4, -0.2) is 23.1 Å². The van der Waals surface area contributed by atoms with E-state index in [4.69, 9.17) is 11.6 Å². The van der Waals surface area contributed by atoms with E-state index in [1.807, 2.05) is 11.4 Å². The number of phenols is 1. The van der Waals surface area contributed by atoms with Crippen LogP contribution in [0, 0.1) is 0 Å². The van der Waals surface area contributed by atoms with Gasteiger partial charge in [-0.2, -0.15) is 5.10 Å². The third-order valence-corrected chi connectivity index (χ3v) is 6.08. The number of aromatic hydroxyl groups is 1. The molecular formula is C21H14Br2ClN3O3S. The van der Waals surface area contributed by atoms with E-state index < -0.39 is 11.8 Å². The average molecular weight is 584 g/mol. The van der Waals surface area contributed by atoms with Gasteiger partial charge in [0.15, 0.2) is 0 Å². The molecule has 0 fully saturated rings. The van der Waals surface area contributed by atoms with Crippen LogP contribution in [0.15, 0.2) is 73.7 Å². The quantitative estimate of drug-likeness (QED) is 0.202. The average Bonchev–Trinajstić information content (AvgIpc) is 3.24. The Morgan fingerprint density at radius 2 is 1.90 bits per heavy atom. The maximum absolute atomic E-state index is 12.7. The largest absolute Gasteiger partial charge is 0.506 e. The van der Waals surface area contributed by atoms with Gasteiger partial charge in [0, 0.05) is 14.9 Å². The van der Waals surface area contributed by atoms with E-state index in [0.717, 1.165) is 9.35 Å². The molecule has 3 aromatic rings. The Morgan fingerprint density at radius 1 is 1.13 bits per heavy atom. The van der Waals surface area contributed by atoms with Crippen molar-refractivity contribution in [2.45, 2.75) is 0 Å². The highest BCUT2D eigenvalue weighted by Crippen LogP contribution is 2.30. The van der Waals surface area contributed by atoms with Crippen molar-refractivity contribution < 1.29 is 14.7 Å². The summed E-state index contributed by atoms with van der Waals surface area (Å²) in [5.41, 5.74) is 2.97. The van der Waals surface area contributed by atoms with Gasteiger partial charge in [-0.25, -0.2) is 5.43 Å². The lowest BCUT2D eigenvalue weighted by Gasteiger charge is -2.10. The molecule has 0 spiro atoms. The van der Waals surface area contributed by atoms with E-state index in [1.54, 1.807) is 42.5 Å². The van der Waals surface area contributed by atoms with Gasteiger partial charge < -0.3 is 10.4 Å². The third kappa shape index (κ3) is 6.27. The minimum absolute atomic E-state index is 0.0100. The lowest BCUT2D eigenvalue weighted by Crippen LogP contribution is -2.33. The van der Waals surface area contributed by atoms with Crippen LogP contribution in [-0.2, 0) is 4.79 Å². The van der Waals surface area contributed by atoms with Gasteiger partial charge in [-0.15, -0.1) is 11.3 Å². The SMILES string of the molecule is O=C(N/N=C/c1cc(Br)cc(Br)c1O)/C(=C\c1cccs1)NC(=O)c1ccccc1Cl. The summed E-state index contributed by atoms with van der Waals surface area (Å²) in [5.74, 6) is -1.19. The molecule has 0 atom stereocenters. The Kier molecular flexibility index (Phi) is 8.03. The molecular weight excluding hydrogens is 570 g/mol. The van der Waals surface area contributed by atoms with Crippen LogP contribution in [0.4, 0.5) is 0 Å². The first-order valence-electron chi connectivity index (χ1n) is 8.67. The number of thiophene rings is 1. The number of benzene rings is 2. The summed E-state index contributed by atoms with van der Waals surface area (Å²) in [5, 5.41) is 18.7. The fourth-order valence-corrected chi connectivity index (χ4v) is 4.55. The lowest BCUT2D eigenvalue weighted by molar-refractivity contribution is -0.117. The van der Waals surface area contributed by atoms with Gasteiger partial charge >= 0.3 is 0 Å². The van der Waals surface area contributed by atoms with Crippen molar-refractivity contribution in [1.82, 2.24) is 10.7 Å². The third-order valence-electron chi connectivity index (χ3n) is 3.87. The van der Waals surface area contributed by atoms with Gasteiger partial charge in [0.05, 0.1) is 21.3 Å². The van der Waals surface area contributed by atoms with Crippen molar-refractivity contribution in [2.75, 3.05) is 0 Å². The minimum Gasteiger partial charge on any atom is -0.506 e. The molecule has 6 nitrogen and oxygen atoms in total. The zero-order valence-electron chi connectivity index (χ0n) is 15.6. The van der Waals surface area contributed by atoms with E-state index >= 15 is 0 Å².